The van der Waals surface area contributed by atoms with Crippen molar-refractivity contribution in [1.29, 1.82) is 0 Å². The Morgan fingerprint density at radius 3 is 2.57 bits per heavy atom. The van der Waals surface area contributed by atoms with Gasteiger partial charge >= 0.3 is 0 Å². The first-order chi connectivity index (χ1) is 13.4. The average Bonchev–Trinajstić information content (AvgIpc) is 3.03. The van der Waals surface area contributed by atoms with Crippen LogP contribution in [0.3, 0.4) is 0 Å². The Bertz CT molecular complexity index is 619. The van der Waals surface area contributed by atoms with E-state index in [2.05, 4.69) is 13.8 Å². The highest BCUT2D eigenvalue weighted by molar-refractivity contribution is 5.87. The van der Waals surface area contributed by atoms with E-state index in [1.54, 1.807) is 6.20 Å². The van der Waals surface area contributed by atoms with Gasteiger partial charge < -0.3 is 10.7 Å². The third kappa shape index (κ3) is 3.20. The highest BCUT2D eigenvalue weighted by Crippen LogP contribution is 2.64. The number of rotatable bonds is 4. The van der Waals surface area contributed by atoms with E-state index in [1.165, 1.54) is 62.6 Å². The Morgan fingerprint density at radius 2 is 1.82 bits per heavy atom. The lowest BCUT2D eigenvalue weighted by Crippen LogP contribution is -2.51. The zero-order chi connectivity index (χ0) is 20.1. The molecule has 0 spiro atoms. The van der Waals surface area contributed by atoms with Crippen molar-refractivity contribution in [2.24, 2.45) is 58.4 Å². The maximum Gasteiger partial charge on any atom is 0.160 e. The molecule has 4 rings (SSSR count). The summed E-state index contributed by atoms with van der Waals surface area (Å²) in [5.74, 6) is 12.0. The number of hydrazine groups is 1. The molecule has 0 aliphatic heterocycles. The van der Waals surface area contributed by atoms with Crippen molar-refractivity contribution in [1.82, 2.24) is 5.01 Å². The van der Waals surface area contributed by atoms with Gasteiger partial charge in [-0.1, -0.05) is 20.3 Å². The second-order valence-electron chi connectivity index (χ2n) is 10.9. The molecule has 0 aromatic carbocycles. The third-order valence-electron chi connectivity index (χ3n) is 9.68. The van der Waals surface area contributed by atoms with E-state index in [9.17, 15) is 4.79 Å². The summed E-state index contributed by atoms with van der Waals surface area (Å²) in [4.78, 5) is 13.3. The van der Waals surface area contributed by atoms with Crippen LogP contribution in [0, 0.1) is 46.8 Å². The van der Waals surface area contributed by atoms with Crippen LogP contribution in [0.5, 0.6) is 0 Å². The largest absolute Gasteiger partial charge is 0.403 e. The van der Waals surface area contributed by atoms with Gasteiger partial charge in [-0.2, -0.15) is 0 Å². The molecule has 4 saturated carbocycles. The number of hydrogen-bond acceptors (Lipinski definition) is 4. The first-order valence-corrected chi connectivity index (χ1v) is 11.8. The van der Waals surface area contributed by atoms with Gasteiger partial charge in [0.15, 0.2) is 5.78 Å². The van der Waals surface area contributed by atoms with Crippen LogP contribution in [0.2, 0.25) is 0 Å². The van der Waals surface area contributed by atoms with Crippen LogP contribution in [0.15, 0.2) is 12.4 Å². The highest BCUT2D eigenvalue weighted by Gasteiger charge is 2.58. The quantitative estimate of drug-likeness (QED) is 0.552. The SMILES string of the molecule is CC1CCC2C(CCC3C2CCC2(C)C(C(=O)[C@H](C)N(N)/C=C\N)CCC32)C1. The Balaban J connectivity index is 1.50. The van der Waals surface area contributed by atoms with E-state index in [0.29, 0.717) is 5.78 Å². The molecule has 0 aromatic heterocycles. The average molecular weight is 388 g/mol. The Kier molecular flexibility index (Phi) is 5.54. The first kappa shape index (κ1) is 20.3. The van der Waals surface area contributed by atoms with Crippen molar-refractivity contribution in [3.05, 3.63) is 12.4 Å². The maximum absolute atomic E-state index is 13.3. The standard InChI is InChI=1S/C24H41N3O/c1-15-4-6-18-17(14-15)5-7-20-19(18)10-11-24(3)21(20)8-9-22(24)23(28)16(2)27(26)13-12-25/h12-13,15-22H,4-11,14,25-26H2,1-3H3/b13-12-/t15?,16-,17?,18?,19?,20?,21?,22?,24?/m0/s1. The van der Waals surface area contributed by atoms with Gasteiger partial charge in [0, 0.05) is 18.3 Å². The molecule has 0 saturated heterocycles. The zero-order valence-electron chi connectivity index (χ0n) is 18.1. The van der Waals surface area contributed by atoms with E-state index in [-0.39, 0.29) is 17.4 Å². The van der Waals surface area contributed by atoms with Crippen molar-refractivity contribution in [2.75, 3.05) is 0 Å². The minimum Gasteiger partial charge on any atom is -0.403 e. The fourth-order valence-electron chi connectivity index (χ4n) is 8.22. The van der Waals surface area contributed by atoms with Crippen LogP contribution in [0.4, 0.5) is 0 Å². The minimum absolute atomic E-state index is 0.162. The number of carbonyl (C=O) groups is 1. The van der Waals surface area contributed by atoms with Crippen LogP contribution < -0.4 is 11.6 Å². The predicted octanol–water partition coefficient (Wildman–Crippen LogP) is 4.45. The van der Waals surface area contributed by atoms with Crippen molar-refractivity contribution in [3.8, 4) is 0 Å². The van der Waals surface area contributed by atoms with Crippen LogP contribution >= 0.6 is 0 Å². The van der Waals surface area contributed by atoms with Gasteiger partial charge in [0.1, 0.15) is 6.04 Å². The molecule has 0 amide bonds. The van der Waals surface area contributed by atoms with E-state index in [1.807, 2.05) is 6.92 Å². The molecule has 158 valence electrons. The van der Waals surface area contributed by atoms with Crippen molar-refractivity contribution in [3.63, 3.8) is 0 Å². The summed E-state index contributed by atoms with van der Waals surface area (Å²) in [5, 5.41) is 1.49. The molecule has 9 atom stereocenters. The molecule has 0 heterocycles. The summed E-state index contributed by atoms with van der Waals surface area (Å²) in [7, 11) is 0. The lowest BCUT2D eigenvalue weighted by atomic mass is 9.49. The normalized spacial score (nSPS) is 46.5. The molecule has 4 aliphatic rings. The van der Waals surface area contributed by atoms with Gasteiger partial charge in [-0.15, -0.1) is 0 Å². The fraction of sp³-hybridized carbons (Fsp3) is 0.875. The molecule has 4 aliphatic carbocycles. The minimum atomic E-state index is -0.298. The summed E-state index contributed by atoms with van der Waals surface area (Å²) in [5.41, 5.74) is 5.65. The van der Waals surface area contributed by atoms with E-state index in [4.69, 9.17) is 11.6 Å². The molecule has 4 nitrogen and oxygen atoms in total. The van der Waals surface area contributed by atoms with Crippen molar-refractivity contribution >= 4 is 5.78 Å². The number of fused-ring (bicyclic) bond motifs is 5. The molecule has 8 unspecified atom stereocenters. The Hall–Kier alpha value is -1.03. The van der Waals surface area contributed by atoms with Crippen molar-refractivity contribution < 1.29 is 4.79 Å². The lowest BCUT2D eigenvalue weighted by molar-refractivity contribution is -0.134. The zero-order valence-corrected chi connectivity index (χ0v) is 18.1. The molecule has 4 heteroatoms. The summed E-state index contributed by atoms with van der Waals surface area (Å²) in [6, 6.07) is -0.298. The van der Waals surface area contributed by atoms with Gasteiger partial charge in [-0.05, 0) is 99.2 Å². The van der Waals surface area contributed by atoms with Crippen LogP contribution in [0.25, 0.3) is 0 Å². The number of hydrogen-bond donors (Lipinski definition) is 2. The van der Waals surface area contributed by atoms with Crippen LogP contribution in [-0.4, -0.2) is 16.8 Å². The summed E-state index contributed by atoms with van der Waals surface area (Å²) in [6.45, 7) is 6.82. The number of ketones is 1. The van der Waals surface area contributed by atoms with Crippen LogP contribution in [0.1, 0.15) is 78.6 Å². The van der Waals surface area contributed by atoms with E-state index in [0.717, 1.165) is 41.9 Å². The lowest BCUT2D eigenvalue weighted by Gasteiger charge is -2.56. The number of nitrogens with two attached hydrogens (primary N) is 2. The monoisotopic (exact) mass is 387 g/mol. The number of Topliss-reactive ketones (excluding diaryl/α,β-unsaturated/α-hetero) is 1. The maximum atomic E-state index is 13.3. The van der Waals surface area contributed by atoms with Crippen LogP contribution in [-0.2, 0) is 4.79 Å². The molecular formula is C24H41N3O. The van der Waals surface area contributed by atoms with Gasteiger partial charge in [0.2, 0.25) is 0 Å². The second-order valence-corrected chi connectivity index (χ2v) is 10.9. The third-order valence-corrected chi connectivity index (χ3v) is 9.68. The van der Waals surface area contributed by atoms with Gasteiger partial charge in [0.05, 0.1) is 0 Å². The summed E-state index contributed by atoms with van der Waals surface area (Å²) >= 11 is 0. The molecule has 0 bridgehead atoms. The second kappa shape index (κ2) is 7.66. The number of carbonyl (C=O) groups excluding carboxylic acids is 1. The molecular weight excluding hydrogens is 346 g/mol. The number of nitrogens with zero attached hydrogens (tertiary/aromatic N) is 1. The van der Waals surface area contributed by atoms with Gasteiger partial charge in [0.25, 0.3) is 0 Å². The van der Waals surface area contributed by atoms with Gasteiger partial charge in [-0.3, -0.25) is 4.79 Å². The smallest absolute Gasteiger partial charge is 0.160 e. The molecule has 0 aromatic rings. The van der Waals surface area contributed by atoms with Crippen molar-refractivity contribution in [2.45, 2.75) is 84.6 Å². The summed E-state index contributed by atoms with van der Waals surface area (Å²) in [6.07, 6.45) is 15.1. The van der Waals surface area contributed by atoms with E-state index < -0.39 is 0 Å². The molecule has 28 heavy (non-hydrogen) atoms. The van der Waals surface area contributed by atoms with Gasteiger partial charge in [-0.25, -0.2) is 5.84 Å². The van der Waals surface area contributed by atoms with E-state index >= 15 is 0 Å². The molecule has 4 fully saturated rings. The predicted molar refractivity (Wildman–Crippen MR) is 114 cm³/mol. The fourth-order valence-corrected chi connectivity index (χ4v) is 8.22. The molecule has 0 radical (unpaired) electrons. The first-order valence-electron chi connectivity index (χ1n) is 11.8. The Morgan fingerprint density at radius 1 is 1.07 bits per heavy atom. The summed E-state index contributed by atoms with van der Waals surface area (Å²) < 4.78 is 0. The Labute approximate surface area is 171 Å². The highest BCUT2D eigenvalue weighted by atomic mass is 16.1. The molecule has 4 N–H and O–H groups in total. The topological polar surface area (TPSA) is 72.3 Å².